The zero-order chi connectivity index (χ0) is 20.5. The molecule has 0 radical (unpaired) electrons. The van der Waals surface area contributed by atoms with Crippen LogP contribution in [0.1, 0.15) is 31.4 Å². The average molecular weight is 406 g/mol. The minimum atomic E-state index is -0.0817. The van der Waals surface area contributed by atoms with Crippen LogP contribution in [0.25, 0.3) is 11.0 Å². The number of carbonyl (C=O) groups excluding carboxylic acids is 1. The maximum absolute atomic E-state index is 12.8. The molecule has 1 amide bonds. The zero-order valence-electron chi connectivity index (χ0n) is 17.1. The van der Waals surface area contributed by atoms with Crippen molar-refractivity contribution in [2.24, 2.45) is 5.92 Å². The first-order chi connectivity index (χ1) is 14.7. The van der Waals surface area contributed by atoms with Crippen molar-refractivity contribution in [3.8, 4) is 11.5 Å². The molecule has 2 aromatic carbocycles. The van der Waals surface area contributed by atoms with Crippen molar-refractivity contribution in [1.82, 2.24) is 15.3 Å². The van der Waals surface area contributed by atoms with Crippen molar-refractivity contribution in [1.29, 1.82) is 0 Å². The lowest BCUT2D eigenvalue weighted by atomic mass is 9.95. The predicted molar refractivity (Wildman–Crippen MR) is 115 cm³/mol. The Labute approximate surface area is 175 Å². The van der Waals surface area contributed by atoms with Gasteiger partial charge in [0.25, 0.3) is 0 Å². The number of rotatable bonds is 4. The molecular weight excluding hydrogens is 380 g/mol. The Morgan fingerprint density at radius 2 is 1.90 bits per heavy atom. The number of carbonyl (C=O) groups is 1. The molecule has 7 heteroatoms. The second-order valence-electron chi connectivity index (χ2n) is 7.97. The van der Waals surface area contributed by atoms with Crippen molar-refractivity contribution in [2.75, 3.05) is 31.2 Å². The molecular formula is C23H26N4O3. The van der Waals surface area contributed by atoms with Gasteiger partial charge in [0.2, 0.25) is 11.9 Å². The number of imidazole rings is 1. The van der Waals surface area contributed by atoms with Gasteiger partial charge in [-0.25, -0.2) is 4.98 Å². The number of H-pyrrole nitrogens is 1. The van der Waals surface area contributed by atoms with Gasteiger partial charge in [0, 0.05) is 19.0 Å². The monoisotopic (exact) mass is 406 g/mol. The Morgan fingerprint density at radius 3 is 2.70 bits per heavy atom. The van der Waals surface area contributed by atoms with Gasteiger partial charge in [-0.2, -0.15) is 0 Å². The molecule has 0 saturated carbocycles. The third kappa shape index (κ3) is 3.67. The summed E-state index contributed by atoms with van der Waals surface area (Å²) in [6, 6.07) is 13.8. The standard InChI is InChI=1S/C23H26N4O3/c1-15(17-6-7-20-21(14-17)30-13-12-29-20)24-22(28)16-8-10-27(11-9-16)23-25-18-4-2-3-5-19(18)26-23/h2-7,14-16H,8-13H2,1H3,(H,24,28)(H,25,26). The second-order valence-corrected chi connectivity index (χ2v) is 7.97. The van der Waals surface area contributed by atoms with E-state index in [2.05, 4.69) is 20.2 Å². The lowest BCUT2D eigenvalue weighted by Gasteiger charge is -2.31. The summed E-state index contributed by atoms with van der Waals surface area (Å²) >= 11 is 0. The molecule has 1 saturated heterocycles. The van der Waals surface area contributed by atoms with Gasteiger partial charge in [-0.3, -0.25) is 4.79 Å². The van der Waals surface area contributed by atoms with Gasteiger partial charge < -0.3 is 24.7 Å². The average Bonchev–Trinajstić information content (AvgIpc) is 3.23. The molecule has 7 nitrogen and oxygen atoms in total. The summed E-state index contributed by atoms with van der Waals surface area (Å²) in [4.78, 5) is 23.1. The number of benzene rings is 2. The van der Waals surface area contributed by atoms with E-state index < -0.39 is 0 Å². The summed E-state index contributed by atoms with van der Waals surface area (Å²) in [5.74, 6) is 2.53. The lowest BCUT2D eigenvalue weighted by molar-refractivity contribution is -0.126. The van der Waals surface area contributed by atoms with Gasteiger partial charge in [0.1, 0.15) is 13.2 Å². The number of nitrogens with one attached hydrogen (secondary N) is 2. The second kappa shape index (κ2) is 7.89. The molecule has 0 spiro atoms. The summed E-state index contributed by atoms with van der Waals surface area (Å²) in [6.07, 6.45) is 1.63. The molecule has 0 bridgehead atoms. The molecule has 1 fully saturated rings. The Balaban J connectivity index is 1.18. The van der Waals surface area contributed by atoms with Gasteiger partial charge in [-0.05, 0) is 49.6 Å². The van der Waals surface area contributed by atoms with Crippen molar-refractivity contribution < 1.29 is 14.3 Å². The molecule has 30 heavy (non-hydrogen) atoms. The molecule has 3 heterocycles. The van der Waals surface area contributed by atoms with Gasteiger partial charge in [-0.15, -0.1) is 0 Å². The van der Waals surface area contributed by atoms with E-state index in [4.69, 9.17) is 9.47 Å². The summed E-state index contributed by atoms with van der Waals surface area (Å²) in [5.41, 5.74) is 3.04. The zero-order valence-corrected chi connectivity index (χ0v) is 17.1. The number of aromatic nitrogens is 2. The molecule has 1 aromatic heterocycles. The van der Waals surface area contributed by atoms with Crippen molar-refractivity contribution in [3.63, 3.8) is 0 Å². The first-order valence-corrected chi connectivity index (χ1v) is 10.6. The SMILES string of the molecule is CC(NC(=O)C1CCN(c2nc3ccccc3[nH]2)CC1)c1ccc2c(c1)OCCO2. The number of amides is 1. The first-order valence-electron chi connectivity index (χ1n) is 10.6. The maximum atomic E-state index is 12.8. The highest BCUT2D eigenvalue weighted by Gasteiger charge is 2.27. The molecule has 2 aliphatic heterocycles. The molecule has 2 N–H and O–H groups in total. The topological polar surface area (TPSA) is 79.5 Å². The molecule has 5 rings (SSSR count). The third-order valence-electron chi connectivity index (χ3n) is 5.97. The molecule has 2 aliphatic rings. The number of ether oxygens (including phenoxy) is 2. The van der Waals surface area contributed by atoms with E-state index in [9.17, 15) is 4.79 Å². The Bertz CT molecular complexity index is 1020. The number of piperidine rings is 1. The highest BCUT2D eigenvalue weighted by molar-refractivity contribution is 5.80. The smallest absolute Gasteiger partial charge is 0.223 e. The van der Waals surface area contributed by atoms with Crippen LogP contribution >= 0.6 is 0 Å². The van der Waals surface area contributed by atoms with Gasteiger partial charge in [-0.1, -0.05) is 18.2 Å². The summed E-state index contributed by atoms with van der Waals surface area (Å²) in [7, 11) is 0. The minimum absolute atomic E-state index is 0.0188. The number of hydrogen-bond donors (Lipinski definition) is 2. The number of fused-ring (bicyclic) bond motifs is 2. The molecule has 0 aliphatic carbocycles. The van der Waals surface area contributed by atoms with Crippen molar-refractivity contribution in [2.45, 2.75) is 25.8 Å². The van der Waals surface area contributed by atoms with Crippen LogP contribution in [0.3, 0.4) is 0 Å². The van der Waals surface area contributed by atoms with E-state index in [0.717, 1.165) is 60.0 Å². The largest absolute Gasteiger partial charge is 0.486 e. The molecule has 156 valence electrons. The molecule has 3 aromatic rings. The highest BCUT2D eigenvalue weighted by Crippen LogP contribution is 2.33. The van der Waals surface area contributed by atoms with Crippen LogP contribution in [-0.2, 0) is 4.79 Å². The first kappa shape index (κ1) is 18.8. The number of aromatic amines is 1. The summed E-state index contributed by atoms with van der Waals surface area (Å²) < 4.78 is 11.2. The van der Waals surface area contributed by atoms with Crippen molar-refractivity contribution >= 4 is 22.9 Å². The quantitative estimate of drug-likeness (QED) is 0.694. The van der Waals surface area contributed by atoms with Crippen molar-refractivity contribution in [3.05, 3.63) is 48.0 Å². The minimum Gasteiger partial charge on any atom is -0.486 e. The maximum Gasteiger partial charge on any atom is 0.223 e. The van der Waals surface area contributed by atoms with Crippen LogP contribution in [0.2, 0.25) is 0 Å². The molecule has 1 atom stereocenters. The van der Waals surface area contributed by atoms with Crippen LogP contribution in [0, 0.1) is 5.92 Å². The van der Waals surface area contributed by atoms with E-state index in [-0.39, 0.29) is 17.9 Å². The summed E-state index contributed by atoms with van der Waals surface area (Å²) in [6.45, 7) is 4.77. The Hall–Kier alpha value is -3.22. The van der Waals surface area contributed by atoms with Gasteiger partial charge >= 0.3 is 0 Å². The van der Waals surface area contributed by atoms with Crippen LogP contribution in [-0.4, -0.2) is 42.2 Å². The lowest BCUT2D eigenvalue weighted by Crippen LogP contribution is -2.41. The summed E-state index contributed by atoms with van der Waals surface area (Å²) in [5, 5.41) is 3.17. The number of nitrogens with zero attached hydrogens (tertiary/aromatic N) is 2. The normalized spacial score (nSPS) is 17.7. The van der Waals surface area contributed by atoms with E-state index in [0.29, 0.717) is 13.2 Å². The predicted octanol–water partition coefficient (Wildman–Crippen LogP) is 3.43. The third-order valence-corrected chi connectivity index (χ3v) is 5.97. The van der Waals surface area contributed by atoms with E-state index >= 15 is 0 Å². The Morgan fingerprint density at radius 1 is 1.13 bits per heavy atom. The van der Waals surface area contributed by atoms with Crippen LogP contribution in [0.5, 0.6) is 11.5 Å². The molecule has 1 unspecified atom stereocenters. The van der Waals surface area contributed by atoms with Crippen LogP contribution < -0.4 is 19.7 Å². The van der Waals surface area contributed by atoms with Crippen LogP contribution in [0.15, 0.2) is 42.5 Å². The Kier molecular flexibility index (Phi) is 4.94. The number of anilines is 1. The number of hydrogen-bond acceptors (Lipinski definition) is 5. The fourth-order valence-corrected chi connectivity index (χ4v) is 4.19. The van der Waals surface area contributed by atoms with E-state index in [1.54, 1.807) is 0 Å². The van der Waals surface area contributed by atoms with Crippen LogP contribution in [0.4, 0.5) is 5.95 Å². The number of para-hydroxylation sites is 2. The van der Waals surface area contributed by atoms with Gasteiger partial charge in [0.05, 0.1) is 17.1 Å². The highest BCUT2D eigenvalue weighted by atomic mass is 16.6. The van der Waals surface area contributed by atoms with Gasteiger partial charge in [0.15, 0.2) is 11.5 Å². The van der Waals surface area contributed by atoms with E-state index in [1.807, 2.05) is 49.4 Å². The fourth-order valence-electron chi connectivity index (χ4n) is 4.19. The fraction of sp³-hybridized carbons (Fsp3) is 0.391. The van der Waals surface area contributed by atoms with E-state index in [1.165, 1.54) is 0 Å².